The molecule has 0 radical (unpaired) electrons. The lowest BCUT2D eigenvalue weighted by Gasteiger charge is -2.32. The van der Waals surface area contributed by atoms with E-state index in [1.807, 2.05) is 24.6 Å². The van der Waals surface area contributed by atoms with Crippen LogP contribution in [-0.4, -0.2) is 39.6 Å². The summed E-state index contributed by atoms with van der Waals surface area (Å²) in [5.41, 5.74) is 2.84. The molecule has 1 atom stereocenters. The molecular formula is C21H27FN4O2. The summed E-state index contributed by atoms with van der Waals surface area (Å²) in [6.45, 7) is 6.02. The summed E-state index contributed by atoms with van der Waals surface area (Å²) in [5, 5.41) is 7.39. The lowest BCUT2D eigenvalue weighted by molar-refractivity contribution is -0.138. The maximum absolute atomic E-state index is 13.4. The molecule has 2 amide bonds. The number of aromatic nitrogens is 2. The van der Waals surface area contributed by atoms with E-state index in [9.17, 15) is 14.0 Å². The minimum absolute atomic E-state index is 0.0119. The van der Waals surface area contributed by atoms with E-state index in [4.69, 9.17) is 0 Å². The Labute approximate surface area is 164 Å². The minimum atomic E-state index is -0.320. The van der Waals surface area contributed by atoms with Crippen LogP contribution < -0.4 is 5.32 Å². The van der Waals surface area contributed by atoms with E-state index in [0.29, 0.717) is 32.5 Å². The van der Waals surface area contributed by atoms with Gasteiger partial charge in [-0.3, -0.25) is 14.3 Å². The lowest BCUT2D eigenvalue weighted by atomic mass is 9.96. The van der Waals surface area contributed by atoms with E-state index in [1.165, 1.54) is 12.1 Å². The number of hydrogen-bond donors (Lipinski definition) is 1. The molecule has 1 aromatic heterocycles. The fraction of sp³-hybridized carbons (Fsp3) is 0.476. The van der Waals surface area contributed by atoms with Crippen LogP contribution in [0.1, 0.15) is 36.2 Å². The summed E-state index contributed by atoms with van der Waals surface area (Å²) in [6.07, 6.45) is 1.70. The molecule has 1 N–H and O–H groups in total. The van der Waals surface area contributed by atoms with Gasteiger partial charge in [0, 0.05) is 38.3 Å². The standard InChI is InChI=1S/C21H27FN4O2/c1-15-11-16(2)26(24-15)10-4-9-23-21(28)18-7-8-20(27)25(14-18)13-17-5-3-6-19(22)12-17/h3,5-6,11-12,18H,4,7-10,13-14H2,1-2H3,(H,23,28). The van der Waals surface area contributed by atoms with Crippen LogP contribution in [0.5, 0.6) is 0 Å². The van der Waals surface area contributed by atoms with Crippen LogP contribution in [0.15, 0.2) is 30.3 Å². The Kier molecular flexibility index (Phi) is 6.44. The van der Waals surface area contributed by atoms with Gasteiger partial charge in [-0.25, -0.2) is 4.39 Å². The molecule has 0 aliphatic carbocycles. The molecule has 1 fully saturated rings. The van der Waals surface area contributed by atoms with Crippen molar-refractivity contribution in [2.75, 3.05) is 13.1 Å². The molecule has 150 valence electrons. The monoisotopic (exact) mass is 386 g/mol. The molecule has 2 aromatic rings. The van der Waals surface area contributed by atoms with Crippen LogP contribution in [0.25, 0.3) is 0 Å². The number of carbonyl (C=O) groups is 2. The van der Waals surface area contributed by atoms with E-state index in [0.717, 1.165) is 29.9 Å². The largest absolute Gasteiger partial charge is 0.356 e. The number of carbonyl (C=O) groups excluding carboxylic acids is 2. The highest BCUT2D eigenvalue weighted by atomic mass is 19.1. The number of benzene rings is 1. The molecule has 28 heavy (non-hydrogen) atoms. The normalized spacial score (nSPS) is 17.0. The predicted molar refractivity (Wildman–Crippen MR) is 104 cm³/mol. The Morgan fingerprint density at radius 3 is 2.86 bits per heavy atom. The molecular weight excluding hydrogens is 359 g/mol. The maximum Gasteiger partial charge on any atom is 0.224 e. The molecule has 1 aromatic carbocycles. The summed E-state index contributed by atoms with van der Waals surface area (Å²) >= 11 is 0. The average molecular weight is 386 g/mol. The molecule has 2 heterocycles. The second-order valence-corrected chi connectivity index (χ2v) is 7.43. The smallest absolute Gasteiger partial charge is 0.224 e. The van der Waals surface area contributed by atoms with Crippen LogP contribution in [0.2, 0.25) is 0 Å². The molecule has 0 bridgehead atoms. The molecule has 0 saturated carbocycles. The number of nitrogens with one attached hydrogen (secondary N) is 1. The zero-order valence-electron chi connectivity index (χ0n) is 16.4. The van der Waals surface area contributed by atoms with Gasteiger partial charge in [0.25, 0.3) is 0 Å². The van der Waals surface area contributed by atoms with Crippen molar-refractivity contribution in [1.29, 1.82) is 0 Å². The first-order valence-electron chi connectivity index (χ1n) is 9.73. The Balaban J connectivity index is 1.47. The van der Waals surface area contributed by atoms with Gasteiger partial charge in [-0.15, -0.1) is 0 Å². The maximum atomic E-state index is 13.4. The van der Waals surface area contributed by atoms with Crippen molar-refractivity contribution >= 4 is 11.8 Å². The molecule has 3 rings (SSSR count). The zero-order valence-corrected chi connectivity index (χ0v) is 16.4. The van der Waals surface area contributed by atoms with E-state index in [2.05, 4.69) is 10.4 Å². The number of halogens is 1. The summed E-state index contributed by atoms with van der Waals surface area (Å²) in [5.74, 6) is -0.554. The van der Waals surface area contributed by atoms with Crippen molar-refractivity contribution in [3.8, 4) is 0 Å². The number of nitrogens with zero attached hydrogens (tertiary/aromatic N) is 3. The summed E-state index contributed by atoms with van der Waals surface area (Å²) < 4.78 is 15.3. The van der Waals surface area contributed by atoms with E-state index in [1.54, 1.807) is 17.0 Å². The molecule has 1 saturated heterocycles. The molecule has 1 unspecified atom stereocenters. The van der Waals surface area contributed by atoms with Gasteiger partial charge in [0.05, 0.1) is 11.6 Å². The van der Waals surface area contributed by atoms with Gasteiger partial charge < -0.3 is 10.2 Å². The van der Waals surface area contributed by atoms with Crippen LogP contribution in [-0.2, 0) is 22.7 Å². The van der Waals surface area contributed by atoms with Gasteiger partial charge in [0.2, 0.25) is 11.8 Å². The van der Waals surface area contributed by atoms with Crippen molar-refractivity contribution in [2.45, 2.75) is 46.2 Å². The fourth-order valence-corrected chi connectivity index (χ4v) is 3.62. The minimum Gasteiger partial charge on any atom is -0.356 e. The highest BCUT2D eigenvalue weighted by molar-refractivity contribution is 5.83. The van der Waals surface area contributed by atoms with Gasteiger partial charge in [-0.05, 0) is 50.5 Å². The summed E-state index contributed by atoms with van der Waals surface area (Å²) in [7, 11) is 0. The van der Waals surface area contributed by atoms with Crippen LogP contribution in [0.4, 0.5) is 4.39 Å². The fourth-order valence-electron chi connectivity index (χ4n) is 3.62. The average Bonchev–Trinajstić information content (AvgIpc) is 2.97. The summed E-state index contributed by atoms with van der Waals surface area (Å²) in [4.78, 5) is 26.4. The van der Waals surface area contributed by atoms with Gasteiger partial charge in [0.1, 0.15) is 5.82 Å². The second kappa shape index (κ2) is 8.99. The molecule has 7 heteroatoms. The Hall–Kier alpha value is -2.70. The summed E-state index contributed by atoms with van der Waals surface area (Å²) in [6, 6.07) is 8.26. The second-order valence-electron chi connectivity index (χ2n) is 7.43. The van der Waals surface area contributed by atoms with E-state index < -0.39 is 0 Å². The van der Waals surface area contributed by atoms with Gasteiger partial charge in [0.15, 0.2) is 0 Å². The van der Waals surface area contributed by atoms with Crippen molar-refractivity contribution in [2.24, 2.45) is 5.92 Å². The Bertz CT molecular complexity index is 849. The topological polar surface area (TPSA) is 67.2 Å². The van der Waals surface area contributed by atoms with Crippen LogP contribution in [0, 0.1) is 25.6 Å². The number of likely N-dealkylation sites (tertiary alicyclic amines) is 1. The Morgan fingerprint density at radius 1 is 1.32 bits per heavy atom. The van der Waals surface area contributed by atoms with Crippen molar-refractivity contribution in [1.82, 2.24) is 20.0 Å². The highest BCUT2D eigenvalue weighted by Crippen LogP contribution is 2.20. The number of piperidine rings is 1. The first-order chi connectivity index (χ1) is 13.4. The predicted octanol–water partition coefficient (Wildman–Crippen LogP) is 2.58. The molecule has 0 spiro atoms. The number of amides is 2. The zero-order chi connectivity index (χ0) is 20.1. The van der Waals surface area contributed by atoms with Crippen LogP contribution >= 0.6 is 0 Å². The molecule has 6 nitrogen and oxygen atoms in total. The number of aryl methyl sites for hydroxylation is 3. The van der Waals surface area contributed by atoms with E-state index >= 15 is 0 Å². The molecule has 1 aliphatic rings. The van der Waals surface area contributed by atoms with Crippen molar-refractivity contribution in [3.63, 3.8) is 0 Å². The number of rotatable bonds is 7. The lowest BCUT2D eigenvalue weighted by Crippen LogP contribution is -2.45. The van der Waals surface area contributed by atoms with Crippen molar-refractivity contribution < 1.29 is 14.0 Å². The molecule has 1 aliphatic heterocycles. The third kappa shape index (κ3) is 5.18. The highest BCUT2D eigenvalue weighted by Gasteiger charge is 2.30. The van der Waals surface area contributed by atoms with Crippen LogP contribution in [0.3, 0.4) is 0 Å². The Morgan fingerprint density at radius 2 is 2.14 bits per heavy atom. The quantitative estimate of drug-likeness (QED) is 0.744. The first kappa shape index (κ1) is 20.0. The van der Waals surface area contributed by atoms with E-state index in [-0.39, 0.29) is 23.5 Å². The SMILES string of the molecule is Cc1cc(C)n(CCCNC(=O)C2CCC(=O)N(Cc3cccc(F)c3)C2)n1. The van der Waals surface area contributed by atoms with Gasteiger partial charge >= 0.3 is 0 Å². The van der Waals surface area contributed by atoms with Crippen molar-refractivity contribution in [3.05, 3.63) is 53.1 Å². The third-order valence-electron chi connectivity index (χ3n) is 5.08. The number of hydrogen-bond acceptors (Lipinski definition) is 3. The third-order valence-corrected chi connectivity index (χ3v) is 5.08. The van der Waals surface area contributed by atoms with Gasteiger partial charge in [-0.2, -0.15) is 5.10 Å². The first-order valence-corrected chi connectivity index (χ1v) is 9.73. The van der Waals surface area contributed by atoms with Gasteiger partial charge in [-0.1, -0.05) is 12.1 Å².